The number of benzene rings is 3. The topological polar surface area (TPSA) is 55.7 Å². The van der Waals surface area contributed by atoms with Crippen LogP contribution in [0.25, 0.3) is 10.9 Å². The first-order valence-electron chi connectivity index (χ1n) is 13.6. The van der Waals surface area contributed by atoms with Gasteiger partial charge in [-0.3, -0.25) is 9.69 Å². The van der Waals surface area contributed by atoms with Gasteiger partial charge in [-0.05, 0) is 75.2 Å². The van der Waals surface area contributed by atoms with Crippen LogP contribution in [0.2, 0.25) is 5.02 Å². The highest BCUT2D eigenvalue weighted by atomic mass is 35.5. The Labute approximate surface area is 235 Å². The minimum atomic E-state index is -0.0771. The van der Waals surface area contributed by atoms with Crippen molar-refractivity contribution in [3.8, 4) is 11.5 Å². The molecule has 7 heteroatoms. The van der Waals surface area contributed by atoms with E-state index in [1.54, 1.807) is 7.11 Å². The number of piperidine rings is 1. The lowest BCUT2D eigenvalue weighted by Gasteiger charge is -2.33. The molecule has 0 spiro atoms. The zero-order valence-corrected chi connectivity index (χ0v) is 23.4. The molecule has 0 saturated carbocycles. The number of para-hydroxylation sites is 1. The summed E-state index contributed by atoms with van der Waals surface area (Å²) in [5.41, 5.74) is 3.90. The van der Waals surface area contributed by atoms with Gasteiger partial charge in [0, 0.05) is 36.2 Å². The summed E-state index contributed by atoms with van der Waals surface area (Å²) in [6.07, 6.45) is 5.28. The minimum Gasteiger partial charge on any atom is -0.495 e. The summed E-state index contributed by atoms with van der Waals surface area (Å²) in [4.78, 5) is 15.7. The molecule has 1 aliphatic rings. The Morgan fingerprint density at radius 2 is 1.90 bits per heavy atom. The number of nitrogens with zero attached hydrogens (tertiary/aromatic N) is 2. The second-order valence-corrected chi connectivity index (χ2v) is 10.7. The average Bonchev–Trinajstić information content (AvgIpc) is 3.32. The van der Waals surface area contributed by atoms with Crippen molar-refractivity contribution in [3.63, 3.8) is 0 Å². The third-order valence-corrected chi connectivity index (χ3v) is 7.57. The van der Waals surface area contributed by atoms with Crippen molar-refractivity contribution >= 4 is 28.4 Å². The van der Waals surface area contributed by atoms with Gasteiger partial charge >= 0.3 is 0 Å². The molecule has 0 radical (unpaired) electrons. The van der Waals surface area contributed by atoms with Crippen LogP contribution in [0.3, 0.4) is 0 Å². The normalized spacial score (nSPS) is 15.8. The van der Waals surface area contributed by atoms with Crippen LogP contribution >= 0.6 is 11.6 Å². The monoisotopic (exact) mass is 545 g/mol. The number of carbonyl (C=O) groups excluding carboxylic acids is 1. The van der Waals surface area contributed by atoms with E-state index in [0.717, 1.165) is 73.4 Å². The predicted octanol–water partition coefficient (Wildman–Crippen LogP) is 6.48. The molecule has 1 atom stereocenters. The molecule has 1 aromatic heterocycles. The van der Waals surface area contributed by atoms with E-state index in [9.17, 15) is 4.79 Å². The fraction of sp³-hybridized carbons (Fsp3) is 0.344. The molecule has 1 N–H and O–H groups in total. The molecule has 1 amide bonds. The fourth-order valence-electron chi connectivity index (χ4n) is 5.43. The molecular weight excluding hydrogens is 510 g/mol. The number of nitrogens with one attached hydrogen (secondary N) is 1. The number of aryl methyl sites for hydroxylation is 2. The largest absolute Gasteiger partial charge is 0.495 e. The highest BCUT2D eigenvalue weighted by Gasteiger charge is 2.22. The first-order chi connectivity index (χ1) is 19.0. The zero-order chi connectivity index (χ0) is 27.2. The summed E-state index contributed by atoms with van der Waals surface area (Å²) in [6.45, 7) is 6.28. The minimum absolute atomic E-state index is 0.0771. The van der Waals surface area contributed by atoms with Gasteiger partial charge in [0.05, 0.1) is 18.2 Å². The summed E-state index contributed by atoms with van der Waals surface area (Å²) >= 11 is 6.01. The van der Waals surface area contributed by atoms with E-state index in [2.05, 4.69) is 33.8 Å². The third-order valence-electron chi connectivity index (χ3n) is 7.31. The van der Waals surface area contributed by atoms with Gasteiger partial charge in [-0.1, -0.05) is 53.6 Å². The molecule has 1 saturated heterocycles. The van der Waals surface area contributed by atoms with Gasteiger partial charge in [0.25, 0.3) is 5.91 Å². The van der Waals surface area contributed by atoms with Crippen molar-refractivity contribution in [1.82, 2.24) is 14.8 Å². The number of likely N-dealkylation sites (tertiary alicyclic amines) is 1. The molecule has 1 aliphatic heterocycles. The molecule has 204 valence electrons. The molecule has 1 fully saturated rings. The average molecular weight is 546 g/mol. The molecule has 0 bridgehead atoms. The Bertz CT molecular complexity index is 1420. The number of halogens is 1. The molecule has 1 unspecified atom stereocenters. The Morgan fingerprint density at radius 3 is 2.69 bits per heavy atom. The second-order valence-electron chi connectivity index (χ2n) is 10.3. The van der Waals surface area contributed by atoms with Gasteiger partial charge in [0.15, 0.2) is 0 Å². The molecular formula is C32H36ClN3O3. The number of hydrogen-bond donors (Lipinski definition) is 1. The van der Waals surface area contributed by atoms with E-state index in [0.29, 0.717) is 17.1 Å². The van der Waals surface area contributed by atoms with Crippen LogP contribution < -0.4 is 14.8 Å². The van der Waals surface area contributed by atoms with Crippen LogP contribution in [0.1, 0.15) is 40.7 Å². The van der Waals surface area contributed by atoms with Gasteiger partial charge in [0.1, 0.15) is 17.6 Å². The molecule has 4 aromatic rings. The fourth-order valence-corrected chi connectivity index (χ4v) is 5.56. The lowest BCUT2D eigenvalue weighted by molar-refractivity contribution is 0.0871. The lowest BCUT2D eigenvalue weighted by Crippen LogP contribution is -2.41. The number of amides is 1. The summed E-state index contributed by atoms with van der Waals surface area (Å²) in [5.74, 6) is 1.57. The van der Waals surface area contributed by atoms with Gasteiger partial charge < -0.3 is 19.4 Å². The molecule has 0 aliphatic carbocycles. The molecule has 39 heavy (non-hydrogen) atoms. The third kappa shape index (κ3) is 6.75. The van der Waals surface area contributed by atoms with Crippen LogP contribution in [0.15, 0.2) is 72.9 Å². The first kappa shape index (κ1) is 27.1. The number of rotatable bonds is 10. The maximum Gasteiger partial charge on any atom is 0.253 e. The maximum absolute atomic E-state index is 13.3. The number of ether oxygens (including phenoxy) is 2. The SMILES string of the molecule is COc1cccc2c(C(=O)NCc3cccc(C)c3)cn(CCCN3CCCC(Oc4ccc(Cl)cc4)C3)c12. The second kappa shape index (κ2) is 12.6. The highest BCUT2D eigenvalue weighted by Crippen LogP contribution is 2.30. The van der Waals surface area contributed by atoms with Crippen molar-refractivity contribution in [1.29, 1.82) is 0 Å². The molecule has 5 rings (SSSR count). The number of carbonyl (C=O) groups is 1. The van der Waals surface area contributed by atoms with Gasteiger partial charge in [-0.15, -0.1) is 0 Å². The Morgan fingerprint density at radius 1 is 1.08 bits per heavy atom. The number of fused-ring (bicyclic) bond motifs is 1. The molecule has 3 aromatic carbocycles. The van der Waals surface area contributed by atoms with Gasteiger partial charge in [-0.25, -0.2) is 0 Å². The van der Waals surface area contributed by atoms with Crippen molar-refractivity contribution < 1.29 is 14.3 Å². The van der Waals surface area contributed by atoms with E-state index in [1.807, 2.05) is 60.8 Å². The summed E-state index contributed by atoms with van der Waals surface area (Å²) < 4.78 is 14.1. The smallest absolute Gasteiger partial charge is 0.253 e. The number of methoxy groups -OCH3 is 1. The van der Waals surface area contributed by atoms with E-state index >= 15 is 0 Å². The van der Waals surface area contributed by atoms with E-state index in [4.69, 9.17) is 21.1 Å². The van der Waals surface area contributed by atoms with Gasteiger partial charge in [0.2, 0.25) is 0 Å². The summed E-state index contributed by atoms with van der Waals surface area (Å²) in [7, 11) is 1.68. The van der Waals surface area contributed by atoms with Crippen LogP contribution in [0.5, 0.6) is 11.5 Å². The van der Waals surface area contributed by atoms with Gasteiger partial charge in [-0.2, -0.15) is 0 Å². The van der Waals surface area contributed by atoms with E-state index < -0.39 is 0 Å². The quantitative estimate of drug-likeness (QED) is 0.248. The summed E-state index contributed by atoms with van der Waals surface area (Å²) in [5, 5.41) is 4.72. The van der Waals surface area contributed by atoms with Crippen molar-refractivity contribution in [2.75, 3.05) is 26.7 Å². The molecule has 6 nitrogen and oxygen atoms in total. The first-order valence-corrected chi connectivity index (χ1v) is 14.0. The maximum atomic E-state index is 13.3. The Balaban J connectivity index is 1.23. The Kier molecular flexibility index (Phi) is 8.74. The van der Waals surface area contributed by atoms with Crippen LogP contribution in [-0.4, -0.2) is 48.2 Å². The standard InChI is InChI=1S/C32H36ClN3O3/c1-23-7-3-8-24(19-23)20-34-32(37)29-22-36(31-28(29)10-4-11-30(31)38-2)18-6-17-35-16-5-9-27(21-35)39-26-14-12-25(33)13-15-26/h3-4,7-8,10-15,19,22,27H,5-6,9,16-18,20-21H2,1-2H3,(H,34,37). The van der Waals surface area contributed by atoms with Crippen molar-refractivity contribution in [2.45, 2.75) is 45.4 Å². The number of aromatic nitrogens is 1. The summed E-state index contributed by atoms with van der Waals surface area (Å²) in [6, 6.07) is 21.7. The van der Waals surface area contributed by atoms with E-state index in [-0.39, 0.29) is 12.0 Å². The lowest BCUT2D eigenvalue weighted by atomic mass is 10.1. The molecule has 2 heterocycles. The van der Waals surface area contributed by atoms with Crippen molar-refractivity contribution in [3.05, 3.63) is 94.6 Å². The van der Waals surface area contributed by atoms with Crippen molar-refractivity contribution in [2.24, 2.45) is 0 Å². The van der Waals surface area contributed by atoms with Crippen LogP contribution in [-0.2, 0) is 13.1 Å². The number of hydrogen-bond acceptors (Lipinski definition) is 4. The van der Waals surface area contributed by atoms with Crippen LogP contribution in [0, 0.1) is 6.92 Å². The zero-order valence-electron chi connectivity index (χ0n) is 22.7. The van der Waals surface area contributed by atoms with E-state index in [1.165, 1.54) is 5.56 Å². The van der Waals surface area contributed by atoms with Crippen LogP contribution in [0.4, 0.5) is 0 Å². The predicted molar refractivity (Wildman–Crippen MR) is 157 cm³/mol. The Hall–Kier alpha value is -3.48. The highest BCUT2D eigenvalue weighted by molar-refractivity contribution is 6.30.